The Kier molecular flexibility index (Phi) is 4.65. The van der Waals surface area contributed by atoms with E-state index in [0.29, 0.717) is 24.6 Å². The summed E-state index contributed by atoms with van der Waals surface area (Å²) in [6, 6.07) is 5.54. The van der Waals surface area contributed by atoms with Crippen LogP contribution in [0.25, 0.3) is 0 Å². The van der Waals surface area contributed by atoms with Crippen molar-refractivity contribution < 1.29 is 18.0 Å². The predicted molar refractivity (Wildman–Crippen MR) is 68.9 cm³/mol. The van der Waals surface area contributed by atoms with Gasteiger partial charge in [-0.3, -0.25) is 4.79 Å². The number of carbonyl (C=O) groups excluding carboxylic acids is 1. The number of benzene rings is 1. The molecule has 1 aliphatic rings. The Bertz CT molecular complexity index is 470. The maximum absolute atomic E-state index is 12.5. The van der Waals surface area contributed by atoms with E-state index >= 15 is 0 Å². The van der Waals surface area contributed by atoms with Gasteiger partial charge >= 0.3 is 6.18 Å². The number of rotatable bonds is 6. The highest BCUT2D eigenvalue weighted by Gasteiger charge is 2.30. The summed E-state index contributed by atoms with van der Waals surface area (Å²) < 4.78 is 37.6. The Morgan fingerprint density at radius 3 is 2.70 bits per heavy atom. The van der Waals surface area contributed by atoms with Crippen molar-refractivity contribution in [1.29, 1.82) is 0 Å². The normalized spacial score (nSPS) is 15.2. The van der Waals surface area contributed by atoms with Gasteiger partial charge in [-0.25, -0.2) is 0 Å². The zero-order chi connectivity index (χ0) is 14.6. The number of carbonyl (C=O) groups is 1. The van der Waals surface area contributed by atoms with Crippen LogP contribution in [0, 0.1) is 0 Å². The third kappa shape index (κ3) is 4.85. The lowest BCUT2D eigenvalue weighted by Crippen LogP contribution is -2.28. The van der Waals surface area contributed by atoms with Gasteiger partial charge in [0, 0.05) is 25.6 Å². The molecule has 110 valence electrons. The van der Waals surface area contributed by atoms with Crippen LogP contribution in [-0.2, 0) is 17.5 Å². The summed E-state index contributed by atoms with van der Waals surface area (Å²) in [7, 11) is 0. The van der Waals surface area contributed by atoms with E-state index in [2.05, 4.69) is 10.6 Å². The van der Waals surface area contributed by atoms with Gasteiger partial charge in [-0.2, -0.15) is 13.2 Å². The summed E-state index contributed by atoms with van der Waals surface area (Å²) in [5.74, 6) is -0.157. The molecule has 6 heteroatoms. The number of halogens is 3. The number of hydrogen-bond acceptors (Lipinski definition) is 2. The quantitative estimate of drug-likeness (QED) is 0.843. The van der Waals surface area contributed by atoms with E-state index in [4.69, 9.17) is 0 Å². The molecule has 0 unspecified atom stereocenters. The molecule has 0 bridgehead atoms. The lowest BCUT2D eigenvalue weighted by atomic mass is 10.1. The highest BCUT2D eigenvalue weighted by atomic mass is 19.4. The molecular weight excluding hydrogens is 269 g/mol. The van der Waals surface area contributed by atoms with E-state index < -0.39 is 11.7 Å². The topological polar surface area (TPSA) is 41.1 Å². The van der Waals surface area contributed by atoms with Crippen LogP contribution in [-0.4, -0.2) is 18.5 Å². The van der Waals surface area contributed by atoms with Crippen molar-refractivity contribution in [2.45, 2.75) is 38.0 Å². The number of alkyl halides is 3. The van der Waals surface area contributed by atoms with Crippen molar-refractivity contribution in [3.8, 4) is 0 Å². The van der Waals surface area contributed by atoms with E-state index in [1.807, 2.05) is 0 Å². The van der Waals surface area contributed by atoms with Crippen LogP contribution < -0.4 is 10.6 Å². The maximum atomic E-state index is 12.5. The molecule has 0 atom stereocenters. The minimum absolute atomic E-state index is 0.117. The van der Waals surface area contributed by atoms with Gasteiger partial charge in [-0.1, -0.05) is 12.1 Å². The molecular formula is C14H17F3N2O. The standard InChI is InChI=1S/C14H17F3N2O/c15-14(16,17)11-3-1-2-10(8-11)9-19-13(20)6-7-18-12-4-5-12/h1-3,8,12,18H,4-7,9H2,(H,19,20). The Labute approximate surface area is 115 Å². The van der Waals surface area contributed by atoms with Crippen LogP contribution in [0.2, 0.25) is 0 Å². The average Bonchev–Trinajstić information content (AvgIpc) is 3.20. The van der Waals surface area contributed by atoms with Crippen molar-refractivity contribution >= 4 is 5.91 Å². The molecule has 0 aromatic heterocycles. The van der Waals surface area contributed by atoms with Crippen molar-refractivity contribution in [1.82, 2.24) is 10.6 Å². The van der Waals surface area contributed by atoms with E-state index in [-0.39, 0.29) is 12.5 Å². The predicted octanol–water partition coefficient (Wildman–Crippen LogP) is 2.46. The summed E-state index contributed by atoms with van der Waals surface area (Å²) in [5.41, 5.74) is -0.247. The minimum Gasteiger partial charge on any atom is -0.352 e. The molecule has 1 amide bonds. The second-order valence-electron chi connectivity index (χ2n) is 4.95. The molecule has 2 rings (SSSR count). The summed E-state index contributed by atoms with van der Waals surface area (Å²) in [6.45, 7) is 0.727. The van der Waals surface area contributed by atoms with Crippen molar-refractivity contribution in [3.63, 3.8) is 0 Å². The molecule has 3 nitrogen and oxygen atoms in total. The second-order valence-corrected chi connectivity index (χ2v) is 4.95. The molecule has 0 aliphatic heterocycles. The lowest BCUT2D eigenvalue weighted by Gasteiger charge is -2.09. The monoisotopic (exact) mass is 286 g/mol. The molecule has 1 fully saturated rings. The van der Waals surface area contributed by atoms with Gasteiger partial charge in [0.15, 0.2) is 0 Å². The smallest absolute Gasteiger partial charge is 0.352 e. The van der Waals surface area contributed by atoms with Crippen LogP contribution in [0.3, 0.4) is 0 Å². The third-order valence-corrected chi connectivity index (χ3v) is 3.11. The van der Waals surface area contributed by atoms with Crippen LogP contribution in [0.4, 0.5) is 13.2 Å². The number of amides is 1. The Morgan fingerprint density at radius 1 is 1.30 bits per heavy atom. The first-order chi connectivity index (χ1) is 9.45. The Hall–Kier alpha value is -1.56. The fraction of sp³-hybridized carbons (Fsp3) is 0.500. The van der Waals surface area contributed by atoms with Gasteiger partial charge in [-0.05, 0) is 30.5 Å². The second kappa shape index (κ2) is 6.26. The zero-order valence-corrected chi connectivity index (χ0v) is 11.0. The van der Waals surface area contributed by atoms with Crippen LogP contribution in [0.1, 0.15) is 30.4 Å². The van der Waals surface area contributed by atoms with Gasteiger partial charge in [0.2, 0.25) is 5.91 Å². The van der Waals surface area contributed by atoms with Gasteiger partial charge in [-0.15, -0.1) is 0 Å². The van der Waals surface area contributed by atoms with E-state index in [1.54, 1.807) is 6.07 Å². The molecule has 2 N–H and O–H groups in total. The molecule has 0 radical (unpaired) electrons. The van der Waals surface area contributed by atoms with Crippen LogP contribution >= 0.6 is 0 Å². The van der Waals surface area contributed by atoms with Crippen LogP contribution in [0.15, 0.2) is 24.3 Å². The maximum Gasteiger partial charge on any atom is 0.416 e. The molecule has 0 spiro atoms. The first-order valence-corrected chi connectivity index (χ1v) is 6.61. The van der Waals surface area contributed by atoms with Crippen molar-refractivity contribution in [2.24, 2.45) is 0 Å². The largest absolute Gasteiger partial charge is 0.416 e. The molecule has 1 aliphatic carbocycles. The highest BCUT2D eigenvalue weighted by molar-refractivity contribution is 5.76. The SMILES string of the molecule is O=C(CCNC1CC1)NCc1cccc(C(F)(F)F)c1. The summed E-state index contributed by atoms with van der Waals surface area (Å²) in [6.07, 6.45) is -1.69. The van der Waals surface area contributed by atoms with Crippen molar-refractivity contribution in [3.05, 3.63) is 35.4 Å². The van der Waals surface area contributed by atoms with E-state index in [0.717, 1.165) is 25.0 Å². The molecule has 1 aromatic rings. The van der Waals surface area contributed by atoms with Crippen LogP contribution in [0.5, 0.6) is 0 Å². The first kappa shape index (κ1) is 14.8. The van der Waals surface area contributed by atoms with Gasteiger partial charge < -0.3 is 10.6 Å². The summed E-state index contributed by atoms with van der Waals surface area (Å²) >= 11 is 0. The Morgan fingerprint density at radius 2 is 2.05 bits per heavy atom. The molecule has 20 heavy (non-hydrogen) atoms. The number of nitrogens with one attached hydrogen (secondary N) is 2. The highest BCUT2D eigenvalue weighted by Crippen LogP contribution is 2.29. The van der Waals surface area contributed by atoms with Gasteiger partial charge in [0.05, 0.1) is 5.56 Å². The van der Waals surface area contributed by atoms with Crippen molar-refractivity contribution in [2.75, 3.05) is 6.54 Å². The molecule has 0 saturated heterocycles. The zero-order valence-electron chi connectivity index (χ0n) is 11.0. The summed E-state index contributed by atoms with van der Waals surface area (Å²) in [5, 5.41) is 5.83. The third-order valence-electron chi connectivity index (χ3n) is 3.11. The molecule has 1 saturated carbocycles. The first-order valence-electron chi connectivity index (χ1n) is 6.61. The van der Waals surface area contributed by atoms with E-state index in [1.165, 1.54) is 6.07 Å². The van der Waals surface area contributed by atoms with Gasteiger partial charge in [0.25, 0.3) is 0 Å². The Balaban J connectivity index is 1.76. The van der Waals surface area contributed by atoms with E-state index in [9.17, 15) is 18.0 Å². The minimum atomic E-state index is -4.35. The molecule has 0 heterocycles. The average molecular weight is 286 g/mol. The lowest BCUT2D eigenvalue weighted by molar-refractivity contribution is -0.137. The number of hydrogen-bond donors (Lipinski definition) is 2. The fourth-order valence-electron chi connectivity index (χ4n) is 1.82. The van der Waals surface area contributed by atoms with Gasteiger partial charge in [0.1, 0.15) is 0 Å². The summed E-state index contributed by atoms with van der Waals surface area (Å²) in [4.78, 5) is 11.5. The fourth-order valence-corrected chi connectivity index (χ4v) is 1.82. The molecule has 1 aromatic carbocycles.